The average molecular weight is 250 g/mol. The fourth-order valence-electron chi connectivity index (χ4n) is 1.80. The van der Waals surface area contributed by atoms with Gasteiger partial charge in [0.25, 0.3) is 0 Å². The molecule has 1 heterocycles. The lowest BCUT2D eigenvalue weighted by atomic mass is 10.2. The van der Waals surface area contributed by atoms with Crippen molar-refractivity contribution in [2.24, 2.45) is 0 Å². The zero-order chi connectivity index (χ0) is 12.8. The molecule has 1 fully saturated rings. The Morgan fingerprint density at radius 1 is 1.56 bits per heavy atom. The second-order valence-corrected chi connectivity index (χ2v) is 4.00. The molecule has 0 spiro atoms. The molecule has 2 N–H and O–H groups in total. The summed E-state index contributed by atoms with van der Waals surface area (Å²) in [6.45, 7) is 4.24. The second kappa shape index (κ2) is 6.37. The number of para-hydroxylation sites is 2. The van der Waals surface area contributed by atoms with E-state index in [1.54, 1.807) is 0 Å². The monoisotopic (exact) mass is 250 g/mol. The predicted octanol–water partition coefficient (Wildman–Crippen LogP) is 1.01. The fourth-order valence-corrected chi connectivity index (χ4v) is 1.80. The quantitative estimate of drug-likeness (QED) is 0.837. The lowest BCUT2D eigenvalue weighted by Crippen LogP contribution is -2.48. The van der Waals surface area contributed by atoms with Crippen LogP contribution in [0.15, 0.2) is 24.3 Å². The summed E-state index contributed by atoms with van der Waals surface area (Å²) in [4.78, 5) is 12.0. The number of benzene rings is 1. The molecule has 0 aliphatic carbocycles. The highest BCUT2D eigenvalue weighted by Gasteiger charge is 2.21. The molecular weight excluding hydrogens is 232 g/mol. The van der Waals surface area contributed by atoms with Gasteiger partial charge in [-0.3, -0.25) is 4.79 Å². The Labute approximate surface area is 106 Å². The van der Waals surface area contributed by atoms with Crippen molar-refractivity contribution in [2.75, 3.05) is 31.7 Å². The van der Waals surface area contributed by atoms with Gasteiger partial charge in [-0.15, -0.1) is 0 Å². The van der Waals surface area contributed by atoms with Crippen molar-refractivity contribution >= 4 is 11.6 Å². The number of carbonyl (C=O) groups excluding carboxylic acids is 1. The molecule has 0 saturated carbocycles. The van der Waals surface area contributed by atoms with Crippen molar-refractivity contribution in [3.05, 3.63) is 24.3 Å². The van der Waals surface area contributed by atoms with E-state index in [0.717, 1.165) is 0 Å². The lowest BCUT2D eigenvalue weighted by Gasteiger charge is -2.23. The first-order chi connectivity index (χ1) is 8.81. The van der Waals surface area contributed by atoms with Crippen LogP contribution < -0.4 is 15.4 Å². The first kappa shape index (κ1) is 12.9. The zero-order valence-corrected chi connectivity index (χ0v) is 10.4. The van der Waals surface area contributed by atoms with Gasteiger partial charge >= 0.3 is 0 Å². The van der Waals surface area contributed by atoms with Gasteiger partial charge in [0.1, 0.15) is 11.8 Å². The van der Waals surface area contributed by atoms with E-state index >= 15 is 0 Å². The summed E-state index contributed by atoms with van der Waals surface area (Å²) in [5, 5.41) is 5.97. The Morgan fingerprint density at radius 2 is 2.39 bits per heavy atom. The Balaban J connectivity index is 2.01. The van der Waals surface area contributed by atoms with Gasteiger partial charge in [0, 0.05) is 6.54 Å². The molecule has 18 heavy (non-hydrogen) atoms. The number of morpholine rings is 1. The van der Waals surface area contributed by atoms with Crippen molar-refractivity contribution in [1.29, 1.82) is 0 Å². The van der Waals surface area contributed by atoms with Crippen LogP contribution in [0.4, 0.5) is 5.69 Å². The van der Waals surface area contributed by atoms with Gasteiger partial charge in [-0.05, 0) is 19.1 Å². The van der Waals surface area contributed by atoms with Crippen LogP contribution in [0, 0.1) is 0 Å². The van der Waals surface area contributed by atoms with Gasteiger partial charge in [-0.25, -0.2) is 0 Å². The highest BCUT2D eigenvalue weighted by Crippen LogP contribution is 2.23. The summed E-state index contributed by atoms with van der Waals surface area (Å²) in [7, 11) is 0. The Kier molecular flexibility index (Phi) is 4.55. The van der Waals surface area contributed by atoms with Gasteiger partial charge in [-0.2, -0.15) is 0 Å². The number of amides is 1. The lowest BCUT2D eigenvalue weighted by molar-refractivity contribution is -0.120. The number of hydrogen-bond acceptors (Lipinski definition) is 4. The number of ether oxygens (including phenoxy) is 2. The fraction of sp³-hybridized carbons (Fsp3) is 0.462. The van der Waals surface area contributed by atoms with Crippen LogP contribution in [-0.2, 0) is 9.53 Å². The topological polar surface area (TPSA) is 59.6 Å². The average Bonchev–Trinajstić information content (AvgIpc) is 2.42. The van der Waals surface area contributed by atoms with E-state index in [9.17, 15) is 4.79 Å². The van der Waals surface area contributed by atoms with E-state index in [0.29, 0.717) is 37.8 Å². The van der Waals surface area contributed by atoms with E-state index in [1.807, 2.05) is 31.2 Å². The van der Waals surface area contributed by atoms with Crippen molar-refractivity contribution < 1.29 is 14.3 Å². The van der Waals surface area contributed by atoms with Crippen molar-refractivity contribution in [3.8, 4) is 5.75 Å². The molecule has 5 heteroatoms. The number of rotatable bonds is 4. The number of anilines is 1. The van der Waals surface area contributed by atoms with Crippen LogP contribution in [0.3, 0.4) is 0 Å². The Morgan fingerprint density at radius 3 is 3.11 bits per heavy atom. The molecule has 1 atom stereocenters. The molecule has 1 aromatic carbocycles. The van der Waals surface area contributed by atoms with Gasteiger partial charge in [0.15, 0.2) is 0 Å². The predicted molar refractivity (Wildman–Crippen MR) is 68.9 cm³/mol. The normalized spacial score (nSPS) is 19.3. The molecule has 1 aliphatic heterocycles. The summed E-state index contributed by atoms with van der Waals surface area (Å²) in [6.07, 6.45) is 0. The minimum Gasteiger partial charge on any atom is -0.492 e. The van der Waals surface area contributed by atoms with Gasteiger partial charge in [0.05, 0.1) is 25.5 Å². The third-order valence-corrected chi connectivity index (χ3v) is 2.68. The second-order valence-electron chi connectivity index (χ2n) is 4.00. The number of nitrogens with one attached hydrogen (secondary N) is 2. The first-order valence-electron chi connectivity index (χ1n) is 6.15. The van der Waals surface area contributed by atoms with Crippen LogP contribution in [0.1, 0.15) is 6.92 Å². The Bertz CT molecular complexity index is 403. The smallest absolute Gasteiger partial charge is 0.244 e. The molecule has 0 bridgehead atoms. The maximum atomic E-state index is 12.0. The third-order valence-electron chi connectivity index (χ3n) is 2.68. The Hall–Kier alpha value is -1.59. The molecular formula is C13H18N2O3. The van der Waals surface area contributed by atoms with E-state index in [-0.39, 0.29) is 11.9 Å². The summed E-state index contributed by atoms with van der Waals surface area (Å²) in [5.41, 5.74) is 0.691. The molecule has 2 rings (SSSR count). The zero-order valence-electron chi connectivity index (χ0n) is 10.4. The van der Waals surface area contributed by atoms with Crippen LogP contribution in [0.5, 0.6) is 5.75 Å². The first-order valence-corrected chi connectivity index (χ1v) is 6.15. The minimum absolute atomic E-state index is 0.0955. The maximum absolute atomic E-state index is 12.0. The molecule has 1 unspecified atom stereocenters. The molecule has 98 valence electrons. The molecule has 1 amide bonds. The van der Waals surface area contributed by atoms with Crippen LogP contribution in [0.25, 0.3) is 0 Å². The van der Waals surface area contributed by atoms with Gasteiger partial charge in [-0.1, -0.05) is 12.1 Å². The maximum Gasteiger partial charge on any atom is 0.244 e. The molecule has 5 nitrogen and oxygen atoms in total. The summed E-state index contributed by atoms with van der Waals surface area (Å²) in [6, 6.07) is 7.11. The molecule has 1 aliphatic rings. The highest BCUT2D eigenvalue weighted by molar-refractivity contribution is 5.96. The summed E-state index contributed by atoms with van der Waals surface area (Å²) >= 11 is 0. The van der Waals surface area contributed by atoms with Gasteiger partial charge < -0.3 is 20.1 Å². The van der Waals surface area contributed by atoms with Crippen molar-refractivity contribution in [3.63, 3.8) is 0 Å². The van der Waals surface area contributed by atoms with E-state index in [2.05, 4.69) is 10.6 Å². The number of hydrogen-bond donors (Lipinski definition) is 2. The summed E-state index contributed by atoms with van der Waals surface area (Å²) < 4.78 is 10.7. The minimum atomic E-state index is -0.298. The van der Waals surface area contributed by atoms with E-state index < -0.39 is 0 Å². The van der Waals surface area contributed by atoms with E-state index in [1.165, 1.54) is 0 Å². The molecule has 0 aromatic heterocycles. The van der Waals surface area contributed by atoms with E-state index in [4.69, 9.17) is 9.47 Å². The molecule has 1 saturated heterocycles. The number of carbonyl (C=O) groups is 1. The van der Waals surface area contributed by atoms with Crippen LogP contribution in [0.2, 0.25) is 0 Å². The standard InChI is InChI=1S/C13H18N2O3/c1-2-18-12-6-4-3-5-10(12)15-13(16)11-9-17-8-7-14-11/h3-6,11,14H,2,7-9H2,1H3,(H,15,16). The largest absolute Gasteiger partial charge is 0.492 e. The van der Waals surface area contributed by atoms with Crippen LogP contribution >= 0.6 is 0 Å². The van der Waals surface area contributed by atoms with Crippen molar-refractivity contribution in [1.82, 2.24) is 5.32 Å². The molecule has 1 aromatic rings. The molecule has 0 radical (unpaired) electrons. The SMILES string of the molecule is CCOc1ccccc1NC(=O)C1COCCN1. The highest BCUT2D eigenvalue weighted by atomic mass is 16.5. The van der Waals surface area contributed by atoms with Crippen LogP contribution in [-0.4, -0.2) is 38.3 Å². The van der Waals surface area contributed by atoms with Gasteiger partial charge in [0.2, 0.25) is 5.91 Å². The third kappa shape index (κ3) is 3.21. The van der Waals surface area contributed by atoms with Crippen molar-refractivity contribution in [2.45, 2.75) is 13.0 Å². The summed E-state index contributed by atoms with van der Waals surface area (Å²) in [5.74, 6) is 0.590.